The SMILES string of the molecule is CCN1C(C(=O)O)=C(C(=O)O)N(C)C1C. The number of rotatable bonds is 3. The lowest BCUT2D eigenvalue weighted by Crippen LogP contribution is -2.37. The van der Waals surface area contributed by atoms with E-state index >= 15 is 0 Å². The van der Waals surface area contributed by atoms with Crippen molar-refractivity contribution in [1.29, 1.82) is 0 Å². The molecule has 0 aromatic rings. The maximum absolute atomic E-state index is 11.0. The zero-order valence-corrected chi connectivity index (χ0v) is 8.89. The zero-order valence-electron chi connectivity index (χ0n) is 8.89. The Morgan fingerprint density at radius 1 is 1.27 bits per heavy atom. The molecule has 1 heterocycles. The Morgan fingerprint density at radius 3 is 2.07 bits per heavy atom. The van der Waals surface area contributed by atoms with Crippen molar-refractivity contribution in [1.82, 2.24) is 9.80 Å². The van der Waals surface area contributed by atoms with E-state index in [1.165, 1.54) is 4.90 Å². The van der Waals surface area contributed by atoms with Gasteiger partial charge in [0.15, 0.2) is 11.4 Å². The van der Waals surface area contributed by atoms with Crippen LogP contribution in [-0.2, 0) is 9.59 Å². The van der Waals surface area contributed by atoms with Crippen LogP contribution in [0.15, 0.2) is 11.4 Å². The number of carboxylic acid groups (broad SMARTS) is 2. The van der Waals surface area contributed by atoms with E-state index in [9.17, 15) is 9.59 Å². The van der Waals surface area contributed by atoms with Crippen molar-refractivity contribution in [2.45, 2.75) is 20.0 Å². The summed E-state index contributed by atoms with van der Waals surface area (Å²) in [6.07, 6.45) is -0.243. The zero-order chi connectivity index (χ0) is 11.7. The van der Waals surface area contributed by atoms with Gasteiger partial charge in [-0.1, -0.05) is 0 Å². The first-order valence-electron chi connectivity index (χ1n) is 4.62. The molecule has 1 unspecified atom stereocenters. The predicted octanol–water partition coefficient (Wildman–Crippen LogP) is -0.0195. The van der Waals surface area contributed by atoms with Crippen LogP contribution in [0.4, 0.5) is 0 Å². The smallest absolute Gasteiger partial charge is 0.354 e. The van der Waals surface area contributed by atoms with Gasteiger partial charge in [-0.05, 0) is 13.8 Å². The van der Waals surface area contributed by atoms with Crippen LogP contribution >= 0.6 is 0 Å². The van der Waals surface area contributed by atoms with E-state index in [-0.39, 0.29) is 17.6 Å². The molecule has 0 saturated carbocycles. The number of aliphatic carboxylic acids is 2. The van der Waals surface area contributed by atoms with Gasteiger partial charge in [-0.2, -0.15) is 0 Å². The Labute approximate surface area is 87.4 Å². The van der Waals surface area contributed by atoms with E-state index in [1.54, 1.807) is 25.8 Å². The number of carboxylic acids is 2. The molecule has 0 spiro atoms. The molecule has 0 radical (unpaired) electrons. The van der Waals surface area contributed by atoms with Gasteiger partial charge in [0.1, 0.15) is 0 Å². The minimum atomic E-state index is -1.21. The molecule has 1 rings (SSSR count). The highest BCUT2D eigenvalue weighted by Gasteiger charge is 2.39. The van der Waals surface area contributed by atoms with Gasteiger partial charge in [-0.3, -0.25) is 0 Å². The topological polar surface area (TPSA) is 81.1 Å². The van der Waals surface area contributed by atoms with Crippen LogP contribution in [0.5, 0.6) is 0 Å². The van der Waals surface area contributed by atoms with Crippen LogP contribution in [0.3, 0.4) is 0 Å². The van der Waals surface area contributed by atoms with Crippen molar-refractivity contribution in [2.75, 3.05) is 13.6 Å². The summed E-state index contributed by atoms with van der Waals surface area (Å²) in [5.41, 5.74) is -0.295. The normalized spacial score (nSPS) is 21.1. The molecule has 0 saturated heterocycles. The van der Waals surface area contributed by atoms with E-state index in [0.717, 1.165) is 0 Å². The maximum Gasteiger partial charge on any atom is 0.354 e. The summed E-state index contributed by atoms with van der Waals surface area (Å²) in [4.78, 5) is 24.9. The molecule has 15 heavy (non-hydrogen) atoms. The van der Waals surface area contributed by atoms with Crippen LogP contribution in [-0.4, -0.2) is 51.7 Å². The van der Waals surface area contributed by atoms with Crippen molar-refractivity contribution < 1.29 is 19.8 Å². The largest absolute Gasteiger partial charge is 0.477 e. The predicted molar refractivity (Wildman–Crippen MR) is 51.9 cm³/mol. The maximum atomic E-state index is 11.0. The van der Waals surface area contributed by atoms with Crippen molar-refractivity contribution in [3.8, 4) is 0 Å². The van der Waals surface area contributed by atoms with Gasteiger partial charge in [0.05, 0.1) is 6.17 Å². The molecule has 84 valence electrons. The number of hydrogen-bond acceptors (Lipinski definition) is 4. The average molecular weight is 214 g/mol. The second kappa shape index (κ2) is 3.80. The number of carbonyl (C=O) groups is 2. The fourth-order valence-corrected chi connectivity index (χ4v) is 1.78. The van der Waals surface area contributed by atoms with E-state index in [1.807, 2.05) is 0 Å². The lowest BCUT2D eigenvalue weighted by Gasteiger charge is -2.27. The number of likely N-dealkylation sites (N-methyl/N-ethyl adjacent to an activating group) is 2. The highest BCUT2D eigenvalue weighted by atomic mass is 16.4. The van der Waals surface area contributed by atoms with E-state index in [0.29, 0.717) is 6.54 Å². The molecule has 6 nitrogen and oxygen atoms in total. The quantitative estimate of drug-likeness (QED) is 0.687. The van der Waals surface area contributed by atoms with Crippen LogP contribution in [0.1, 0.15) is 13.8 Å². The molecule has 6 heteroatoms. The molecule has 0 aromatic carbocycles. The van der Waals surface area contributed by atoms with Crippen LogP contribution < -0.4 is 0 Å². The van der Waals surface area contributed by atoms with Gasteiger partial charge in [0, 0.05) is 13.6 Å². The van der Waals surface area contributed by atoms with Gasteiger partial charge in [-0.25, -0.2) is 9.59 Å². The Kier molecular flexibility index (Phi) is 2.88. The van der Waals surface area contributed by atoms with Crippen molar-refractivity contribution >= 4 is 11.9 Å². The van der Waals surface area contributed by atoms with Crippen LogP contribution in [0, 0.1) is 0 Å². The summed E-state index contributed by atoms with van der Waals surface area (Å²) in [6, 6.07) is 0. The van der Waals surface area contributed by atoms with E-state index in [4.69, 9.17) is 10.2 Å². The number of hydrogen-bond donors (Lipinski definition) is 2. The monoisotopic (exact) mass is 214 g/mol. The van der Waals surface area contributed by atoms with Gasteiger partial charge in [0.2, 0.25) is 0 Å². The number of nitrogens with zero attached hydrogens (tertiary/aromatic N) is 2. The molecule has 0 fully saturated rings. The summed E-state index contributed by atoms with van der Waals surface area (Å²) >= 11 is 0. The Balaban J connectivity index is 3.27. The lowest BCUT2D eigenvalue weighted by molar-refractivity contribution is -0.137. The molecule has 1 aliphatic rings. The van der Waals surface area contributed by atoms with E-state index < -0.39 is 11.9 Å². The third-order valence-corrected chi connectivity index (χ3v) is 2.62. The Morgan fingerprint density at radius 2 is 1.73 bits per heavy atom. The fourth-order valence-electron chi connectivity index (χ4n) is 1.78. The van der Waals surface area contributed by atoms with Crippen molar-refractivity contribution in [3.63, 3.8) is 0 Å². The second-order valence-electron chi connectivity index (χ2n) is 3.34. The van der Waals surface area contributed by atoms with Gasteiger partial charge in [-0.15, -0.1) is 0 Å². The fraction of sp³-hybridized carbons (Fsp3) is 0.556. The highest BCUT2D eigenvalue weighted by Crippen LogP contribution is 2.27. The molecule has 0 aromatic heterocycles. The minimum Gasteiger partial charge on any atom is -0.477 e. The average Bonchev–Trinajstić information content (AvgIpc) is 2.39. The molecule has 2 N–H and O–H groups in total. The minimum absolute atomic E-state index is 0.139. The third-order valence-electron chi connectivity index (χ3n) is 2.62. The van der Waals surface area contributed by atoms with Crippen LogP contribution in [0.25, 0.3) is 0 Å². The van der Waals surface area contributed by atoms with Gasteiger partial charge >= 0.3 is 11.9 Å². The second-order valence-corrected chi connectivity index (χ2v) is 3.34. The standard InChI is InChI=1S/C9H14N2O4/c1-4-11-5(2)10(3)6(8(12)13)7(11)9(14)15/h5H,4H2,1-3H3,(H,12,13)(H,14,15). The van der Waals surface area contributed by atoms with Crippen molar-refractivity contribution in [3.05, 3.63) is 11.4 Å². The summed E-state index contributed by atoms with van der Waals surface area (Å²) in [6.45, 7) is 4.02. The highest BCUT2D eigenvalue weighted by molar-refractivity contribution is 5.98. The Hall–Kier alpha value is -1.72. The van der Waals surface area contributed by atoms with Gasteiger partial charge in [0.25, 0.3) is 0 Å². The van der Waals surface area contributed by atoms with Crippen molar-refractivity contribution in [2.24, 2.45) is 0 Å². The molecular weight excluding hydrogens is 200 g/mol. The van der Waals surface area contributed by atoms with Gasteiger partial charge < -0.3 is 20.0 Å². The lowest BCUT2D eigenvalue weighted by atomic mass is 10.3. The molecular formula is C9H14N2O4. The molecule has 1 aliphatic heterocycles. The third kappa shape index (κ3) is 1.62. The summed E-state index contributed by atoms with van der Waals surface area (Å²) in [7, 11) is 1.58. The Bertz CT molecular complexity index is 337. The van der Waals surface area contributed by atoms with E-state index in [2.05, 4.69) is 0 Å². The summed E-state index contributed by atoms with van der Waals surface area (Å²) in [5.74, 6) is -2.41. The first kappa shape index (κ1) is 11.4. The van der Waals surface area contributed by atoms with Crippen LogP contribution in [0.2, 0.25) is 0 Å². The molecule has 0 aliphatic carbocycles. The molecule has 0 amide bonds. The summed E-state index contributed by atoms with van der Waals surface area (Å²) < 4.78 is 0. The molecule has 0 bridgehead atoms. The first-order valence-corrected chi connectivity index (χ1v) is 4.62. The summed E-state index contributed by atoms with van der Waals surface area (Å²) in [5, 5.41) is 17.9. The molecule has 1 atom stereocenters. The first-order chi connectivity index (χ1) is 6.91.